The molecule has 1 aliphatic carbocycles. The van der Waals surface area contributed by atoms with Crippen molar-refractivity contribution in [2.24, 2.45) is 5.92 Å². The molecule has 0 saturated heterocycles. The third-order valence-electron chi connectivity index (χ3n) is 3.53. The van der Waals surface area contributed by atoms with Gasteiger partial charge in [0, 0.05) is 6.04 Å². The highest BCUT2D eigenvalue weighted by Crippen LogP contribution is 2.34. The summed E-state index contributed by atoms with van der Waals surface area (Å²) in [6, 6.07) is 5.68. The van der Waals surface area contributed by atoms with Crippen molar-refractivity contribution in [2.75, 3.05) is 7.05 Å². The minimum absolute atomic E-state index is 0.231. The van der Waals surface area contributed by atoms with Gasteiger partial charge in [-0.15, -0.1) is 0 Å². The molecule has 1 nitrogen and oxygen atoms in total. The van der Waals surface area contributed by atoms with Crippen LogP contribution in [0.1, 0.15) is 31.2 Å². The largest absolute Gasteiger partial charge is 0.317 e. The van der Waals surface area contributed by atoms with E-state index in [4.69, 9.17) is 11.6 Å². The van der Waals surface area contributed by atoms with Crippen molar-refractivity contribution in [2.45, 2.75) is 38.1 Å². The third kappa shape index (κ3) is 3.68. The molecule has 0 bridgehead atoms. The van der Waals surface area contributed by atoms with Gasteiger partial charge >= 0.3 is 0 Å². The number of aryl methyl sites for hydroxylation is 1. The summed E-state index contributed by atoms with van der Waals surface area (Å²) in [5.74, 6) is 0.554. The highest BCUT2D eigenvalue weighted by molar-refractivity contribution is 6.30. The first-order chi connectivity index (χ1) is 8.20. The van der Waals surface area contributed by atoms with Crippen molar-refractivity contribution >= 4 is 11.6 Å². The topological polar surface area (TPSA) is 12.0 Å². The molecule has 1 aliphatic rings. The van der Waals surface area contributed by atoms with Crippen LogP contribution >= 0.6 is 11.6 Å². The molecule has 1 atom stereocenters. The molecule has 1 fully saturated rings. The lowest BCUT2D eigenvalue weighted by atomic mass is 10.0. The minimum Gasteiger partial charge on any atom is -0.317 e. The molecule has 1 N–H and O–H groups in total. The van der Waals surface area contributed by atoms with Crippen molar-refractivity contribution < 1.29 is 4.39 Å². The van der Waals surface area contributed by atoms with Crippen LogP contribution in [-0.2, 0) is 6.42 Å². The maximum absolute atomic E-state index is 13.0. The lowest BCUT2D eigenvalue weighted by molar-refractivity contribution is 0.456. The van der Waals surface area contributed by atoms with E-state index in [2.05, 4.69) is 5.32 Å². The Labute approximate surface area is 107 Å². The van der Waals surface area contributed by atoms with Gasteiger partial charge in [0.2, 0.25) is 0 Å². The normalized spacial score (nSPS) is 17.1. The van der Waals surface area contributed by atoms with Gasteiger partial charge in [0.25, 0.3) is 0 Å². The number of nitrogens with one attached hydrogen (secondary N) is 1. The molecule has 0 amide bonds. The second kappa shape index (κ2) is 5.83. The minimum atomic E-state index is -0.332. The molecular formula is C14H19ClFN. The van der Waals surface area contributed by atoms with Crippen LogP contribution in [0, 0.1) is 11.7 Å². The van der Waals surface area contributed by atoms with Crippen molar-refractivity contribution in [3.63, 3.8) is 0 Å². The second-order valence-electron chi connectivity index (χ2n) is 4.87. The molecule has 0 radical (unpaired) electrons. The molecule has 0 spiro atoms. The first kappa shape index (κ1) is 12.8. The Morgan fingerprint density at radius 1 is 1.47 bits per heavy atom. The van der Waals surface area contributed by atoms with Crippen LogP contribution in [0.15, 0.2) is 18.2 Å². The van der Waals surface area contributed by atoms with Crippen LogP contribution in [0.25, 0.3) is 0 Å². The molecule has 1 aromatic rings. The van der Waals surface area contributed by atoms with Gasteiger partial charge in [-0.05, 0) is 62.8 Å². The zero-order valence-electron chi connectivity index (χ0n) is 10.2. The zero-order valence-corrected chi connectivity index (χ0v) is 10.9. The van der Waals surface area contributed by atoms with Crippen LogP contribution in [-0.4, -0.2) is 13.1 Å². The van der Waals surface area contributed by atoms with E-state index in [-0.39, 0.29) is 10.8 Å². The first-order valence-corrected chi connectivity index (χ1v) is 6.69. The molecule has 1 aromatic carbocycles. The fourth-order valence-corrected chi connectivity index (χ4v) is 2.54. The van der Waals surface area contributed by atoms with E-state index in [0.717, 1.165) is 24.3 Å². The van der Waals surface area contributed by atoms with Gasteiger partial charge in [-0.1, -0.05) is 17.7 Å². The van der Waals surface area contributed by atoms with Gasteiger partial charge in [0.05, 0.1) is 5.02 Å². The van der Waals surface area contributed by atoms with Crippen LogP contribution in [0.5, 0.6) is 0 Å². The summed E-state index contributed by atoms with van der Waals surface area (Å²) < 4.78 is 13.0. The Morgan fingerprint density at radius 3 is 2.82 bits per heavy atom. The molecular weight excluding hydrogens is 237 g/mol. The Bertz CT molecular complexity index is 376. The number of hydrogen-bond acceptors (Lipinski definition) is 1. The highest BCUT2D eigenvalue weighted by atomic mass is 35.5. The van der Waals surface area contributed by atoms with Crippen LogP contribution in [0.2, 0.25) is 5.02 Å². The van der Waals surface area contributed by atoms with E-state index in [9.17, 15) is 4.39 Å². The molecule has 1 saturated carbocycles. The Hall–Kier alpha value is -0.600. The fourth-order valence-electron chi connectivity index (χ4n) is 2.34. The predicted molar refractivity (Wildman–Crippen MR) is 69.9 cm³/mol. The summed E-state index contributed by atoms with van der Waals surface area (Å²) in [4.78, 5) is 0. The molecule has 17 heavy (non-hydrogen) atoms. The van der Waals surface area contributed by atoms with E-state index in [1.165, 1.54) is 25.3 Å². The van der Waals surface area contributed by atoms with Crippen molar-refractivity contribution in [3.8, 4) is 0 Å². The smallest absolute Gasteiger partial charge is 0.141 e. The number of benzene rings is 1. The SMILES string of the molecule is CNC(CCCc1ccc(F)c(Cl)c1)C1CC1. The summed E-state index contributed by atoms with van der Waals surface area (Å²) in [5.41, 5.74) is 1.13. The summed E-state index contributed by atoms with van der Waals surface area (Å²) >= 11 is 5.76. The first-order valence-electron chi connectivity index (χ1n) is 6.32. The summed E-state index contributed by atoms with van der Waals surface area (Å²) in [5, 5.41) is 3.62. The third-order valence-corrected chi connectivity index (χ3v) is 3.82. The molecule has 2 rings (SSSR count). The quantitative estimate of drug-likeness (QED) is 0.815. The number of hydrogen-bond donors (Lipinski definition) is 1. The van der Waals surface area contributed by atoms with Gasteiger partial charge in [0.1, 0.15) is 5.82 Å². The average molecular weight is 256 g/mol. The van der Waals surface area contributed by atoms with E-state index in [1.807, 2.05) is 13.1 Å². The Balaban J connectivity index is 1.78. The van der Waals surface area contributed by atoms with Crippen molar-refractivity contribution in [1.82, 2.24) is 5.32 Å². The lowest BCUT2D eigenvalue weighted by Crippen LogP contribution is -2.27. The highest BCUT2D eigenvalue weighted by Gasteiger charge is 2.29. The van der Waals surface area contributed by atoms with Crippen molar-refractivity contribution in [3.05, 3.63) is 34.6 Å². The van der Waals surface area contributed by atoms with E-state index in [0.29, 0.717) is 6.04 Å². The van der Waals surface area contributed by atoms with Gasteiger partial charge in [-0.3, -0.25) is 0 Å². The number of rotatable bonds is 6. The molecule has 0 heterocycles. The van der Waals surface area contributed by atoms with Crippen LogP contribution in [0.3, 0.4) is 0 Å². The molecule has 0 aliphatic heterocycles. The van der Waals surface area contributed by atoms with Gasteiger partial charge in [-0.25, -0.2) is 4.39 Å². The predicted octanol–water partition coefficient (Wildman–Crippen LogP) is 3.80. The molecule has 1 unspecified atom stereocenters. The Morgan fingerprint density at radius 2 is 2.24 bits per heavy atom. The van der Waals surface area contributed by atoms with Gasteiger partial charge in [0.15, 0.2) is 0 Å². The molecule has 3 heteroatoms. The molecule has 94 valence electrons. The standard InChI is InChI=1S/C14H19ClFN/c1-17-14(11-6-7-11)4-2-3-10-5-8-13(16)12(15)9-10/h5,8-9,11,14,17H,2-4,6-7H2,1H3. The van der Waals surface area contributed by atoms with Gasteiger partial charge in [-0.2, -0.15) is 0 Å². The number of halogens is 2. The maximum atomic E-state index is 13.0. The monoisotopic (exact) mass is 255 g/mol. The van der Waals surface area contributed by atoms with Crippen molar-refractivity contribution in [1.29, 1.82) is 0 Å². The van der Waals surface area contributed by atoms with E-state index >= 15 is 0 Å². The summed E-state index contributed by atoms with van der Waals surface area (Å²) in [7, 11) is 2.04. The maximum Gasteiger partial charge on any atom is 0.141 e. The summed E-state index contributed by atoms with van der Waals surface area (Å²) in [6.07, 6.45) is 6.03. The van der Waals surface area contributed by atoms with Crippen LogP contribution in [0.4, 0.5) is 4.39 Å². The van der Waals surface area contributed by atoms with E-state index in [1.54, 1.807) is 6.07 Å². The lowest BCUT2D eigenvalue weighted by Gasteiger charge is -2.14. The fraction of sp³-hybridized carbons (Fsp3) is 0.571. The van der Waals surface area contributed by atoms with Crippen LogP contribution < -0.4 is 5.32 Å². The van der Waals surface area contributed by atoms with Gasteiger partial charge < -0.3 is 5.32 Å². The Kier molecular flexibility index (Phi) is 4.41. The second-order valence-corrected chi connectivity index (χ2v) is 5.28. The van der Waals surface area contributed by atoms with E-state index < -0.39 is 0 Å². The molecule has 0 aromatic heterocycles. The average Bonchev–Trinajstić information content (AvgIpc) is 3.13. The summed E-state index contributed by atoms with van der Waals surface area (Å²) in [6.45, 7) is 0. The zero-order chi connectivity index (χ0) is 12.3.